The average molecular weight is 348 g/mol. The molecule has 0 spiro atoms. The first kappa shape index (κ1) is 16.2. The van der Waals surface area contributed by atoms with Gasteiger partial charge in [0.25, 0.3) is 0 Å². The van der Waals surface area contributed by atoms with E-state index in [4.69, 9.17) is 17.0 Å². The van der Waals surface area contributed by atoms with Crippen molar-refractivity contribution in [1.29, 1.82) is 0 Å². The van der Waals surface area contributed by atoms with Gasteiger partial charge in [-0.25, -0.2) is 0 Å². The van der Waals surface area contributed by atoms with Gasteiger partial charge in [-0.2, -0.15) is 0 Å². The number of pyridine rings is 1. The summed E-state index contributed by atoms with van der Waals surface area (Å²) in [5, 5.41) is 6.40. The number of thiocarbonyl (C=S) groups is 1. The highest BCUT2D eigenvalue weighted by Gasteiger charge is 2.30. The highest BCUT2D eigenvalue weighted by molar-refractivity contribution is 7.80. The number of rotatable bonds is 4. The highest BCUT2D eigenvalue weighted by Crippen LogP contribution is 2.26. The van der Waals surface area contributed by atoms with Crippen molar-refractivity contribution in [2.45, 2.75) is 18.4 Å². The zero-order chi connectivity index (χ0) is 17.1. The highest BCUT2D eigenvalue weighted by atomic mass is 32.1. The first-order valence-corrected chi connectivity index (χ1v) is 8.99. The number of aromatic nitrogens is 1. The molecule has 4 heteroatoms. The Morgan fingerprint density at radius 3 is 2.84 bits per heavy atom. The van der Waals surface area contributed by atoms with Gasteiger partial charge in [-0.1, -0.05) is 48.5 Å². The van der Waals surface area contributed by atoms with Crippen molar-refractivity contribution >= 4 is 28.0 Å². The predicted octanol–water partition coefficient (Wildman–Crippen LogP) is 3.88. The van der Waals surface area contributed by atoms with Gasteiger partial charge in [-0.05, 0) is 34.8 Å². The summed E-state index contributed by atoms with van der Waals surface area (Å²) in [7, 11) is 0. The summed E-state index contributed by atoms with van der Waals surface area (Å²) in [5.74, 6) is 0.343. The van der Waals surface area contributed by atoms with Crippen LogP contribution in [-0.2, 0) is 11.2 Å². The van der Waals surface area contributed by atoms with E-state index in [0.717, 1.165) is 18.5 Å². The van der Waals surface area contributed by atoms with Gasteiger partial charge in [0.1, 0.15) is 6.10 Å². The molecule has 2 atom stereocenters. The number of ether oxygens (including phenoxy) is 1. The van der Waals surface area contributed by atoms with E-state index in [1.165, 1.54) is 16.5 Å². The molecule has 25 heavy (non-hydrogen) atoms. The van der Waals surface area contributed by atoms with Crippen molar-refractivity contribution in [3.63, 3.8) is 0 Å². The summed E-state index contributed by atoms with van der Waals surface area (Å²) in [6.07, 6.45) is 4.44. The third-order valence-corrected chi connectivity index (χ3v) is 5.02. The number of nitrogens with zero attached hydrogens (tertiary/aromatic N) is 1. The van der Waals surface area contributed by atoms with Crippen LogP contribution in [0.1, 0.15) is 17.0 Å². The van der Waals surface area contributed by atoms with Crippen LogP contribution in [0.3, 0.4) is 0 Å². The number of benzene rings is 2. The number of hydrogen-bond donors (Lipinski definition) is 1. The Morgan fingerprint density at radius 1 is 1.08 bits per heavy atom. The molecule has 1 aromatic heterocycles. The minimum Gasteiger partial charge on any atom is -0.482 e. The zero-order valence-corrected chi connectivity index (χ0v) is 14.7. The molecule has 0 bridgehead atoms. The fourth-order valence-electron chi connectivity index (χ4n) is 3.52. The average Bonchev–Trinajstić information content (AvgIpc) is 3.11. The van der Waals surface area contributed by atoms with Crippen molar-refractivity contribution in [3.8, 4) is 0 Å². The molecule has 0 amide bonds. The van der Waals surface area contributed by atoms with Crippen molar-refractivity contribution in [2.24, 2.45) is 0 Å². The van der Waals surface area contributed by atoms with E-state index in [-0.39, 0.29) is 6.10 Å². The fourth-order valence-corrected chi connectivity index (χ4v) is 3.80. The van der Waals surface area contributed by atoms with Crippen LogP contribution in [-0.4, -0.2) is 29.2 Å². The van der Waals surface area contributed by atoms with E-state index < -0.39 is 0 Å². The topological polar surface area (TPSA) is 34.1 Å². The van der Waals surface area contributed by atoms with Gasteiger partial charge in [0, 0.05) is 43.2 Å². The van der Waals surface area contributed by atoms with Crippen LogP contribution in [0.4, 0.5) is 0 Å². The lowest BCUT2D eigenvalue weighted by molar-refractivity contribution is 0.193. The Balaban J connectivity index is 1.48. The van der Waals surface area contributed by atoms with Crippen LogP contribution in [0.15, 0.2) is 67.0 Å². The van der Waals surface area contributed by atoms with Crippen LogP contribution >= 0.6 is 12.2 Å². The van der Waals surface area contributed by atoms with Crippen LogP contribution in [0.2, 0.25) is 0 Å². The van der Waals surface area contributed by atoms with E-state index in [0.29, 0.717) is 17.4 Å². The lowest BCUT2D eigenvalue weighted by Crippen LogP contribution is -2.25. The van der Waals surface area contributed by atoms with Crippen LogP contribution in [0.5, 0.6) is 0 Å². The molecule has 0 radical (unpaired) electrons. The molecule has 0 saturated carbocycles. The fraction of sp³-hybridized carbons (Fsp3) is 0.238. The van der Waals surface area contributed by atoms with E-state index in [1.807, 2.05) is 30.6 Å². The molecule has 1 aliphatic rings. The zero-order valence-electron chi connectivity index (χ0n) is 13.9. The van der Waals surface area contributed by atoms with Gasteiger partial charge in [0.05, 0.1) is 0 Å². The number of hydrogen-bond acceptors (Lipinski definition) is 4. The molecule has 2 aromatic carbocycles. The summed E-state index contributed by atoms with van der Waals surface area (Å²) >= 11 is 5.57. The van der Waals surface area contributed by atoms with Gasteiger partial charge in [-0.3, -0.25) is 4.98 Å². The van der Waals surface area contributed by atoms with Gasteiger partial charge >= 0.3 is 0 Å². The normalized spacial score (nSPS) is 19.8. The minimum absolute atomic E-state index is 0.0894. The SMILES string of the molecule is S=C(Cc1cccc2cnccc12)OC1CNCC1c1ccccc1. The largest absolute Gasteiger partial charge is 0.482 e. The smallest absolute Gasteiger partial charge is 0.164 e. The summed E-state index contributed by atoms with van der Waals surface area (Å²) in [5.41, 5.74) is 2.49. The van der Waals surface area contributed by atoms with Gasteiger partial charge in [-0.15, -0.1) is 0 Å². The van der Waals surface area contributed by atoms with Gasteiger partial charge in [0.15, 0.2) is 5.05 Å². The summed E-state index contributed by atoms with van der Waals surface area (Å²) in [4.78, 5) is 4.19. The second-order valence-corrected chi connectivity index (χ2v) is 6.85. The van der Waals surface area contributed by atoms with Gasteiger partial charge in [0.2, 0.25) is 0 Å². The predicted molar refractivity (Wildman–Crippen MR) is 105 cm³/mol. The summed E-state index contributed by atoms with van der Waals surface area (Å²) in [6, 6.07) is 18.8. The maximum Gasteiger partial charge on any atom is 0.164 e. The summed E-state index contributed by atoms with van der Waals surface area (Å²) in [6.45, 7) is 1.76. The molecule has 2 unspecified atom stereocenters. The molecule has 4 rings (SSSR count). The Morgan fingerprint density at radius 2 is 1.96 bits per heavy atom. The van der Waals surface area contributed by atoms with E-state index >= 15 is 0 Å². The van der Waals surface area contributed by atoms with E-state index in [2.05, 4.69) is 46.7 Å². The molecule has 1 saturated heterocycles. The molecule has 126 valence electrons. The molecule has 3 nitrogen and oxygen atoms in total. The van der Waals surface area contributed by atoms with Crippen LogP contribution in [0, 0.1) is 0 Å². The lowest BCUT2D eigenvalue weighted by atomic mass is 9.96. The third-order valence-electron chi connectivity index (χ3n) is 4.77. The van der Waals surface area contributed by atoms with E-state index in [1.54, 1.807) is 0 Å². The first-order chi connectivity index (χ1) is 12.3. The molecule has 2 heterocycles. The second-order valence-electron chi connectivity index (χ2n) is 6.39. The van der Waals surface area contributed by atoms with Crippen LogP contribution < -0.4 is 5.32 Å². The van der Waals surface area contributed by atoms with Crippen molar-refractivity contribution in [2.75, 3.05) is 13.1 Å². The molecule has 0 aliphatic carbocycles. The monoisotopic (exact) mass is 348 g/mol. The first-order valence-electron chi connectivity index (χ1n) is 8.58. The minimum atomic E-state index is 0.0894. The van der Waals surface area contributed by atoms with Crippen LogP contribution in [0.25, 0.3) is 10.8 Å². The molecule has 1 fully saturated rings. The number of fused-ring (bicyclic) bond motifs is 1. The molecule has 1 N–H and O–H groups in total. The Kier molecular flexibility index (Phi) is 4.72. The maximum absolute atomic E-state index is 6.18. The van der Waals surface area contributed by atoms with Gasteiger partial charge < -0.3 is 10.1 Å². The second kappa shape index (κ2) is 7.30. The number of nitrogens with one attached hydrogen (secondary N) is 1. The summed E-state index contributed by atoms with van der Waals surface area (Å²) < 4.78 is 6.18. The Bertz CT molecular complexity index is 876. The van der Waals surface area contributed by atoms with E-state index in [9.17, 15) is 0 Å². The van der Waals surface area contributed by atoms with Crippen molar-refractivity contribution < 1.29 is 4.74 Å². The van der Waals surface area contributed by atoms with Crippen molar-refractivity contribution in [1.82, 2.24) is 10.3 Å². The third kappa shape index (κ3) is 3.55. The standard InChI is InChI=1S/C21H20N2OS/c25-21(11-16-7-4-8-17-12-22-10-9-18(16)17)24-20-14-23-13-19(20)15-5-2-1-3-6-15/h1-10,12,19-20,23H,11,13-14H2. The maximum atomic E-state index is 6.18. The molecule has 1 aliphatic heterocycles. The molecule has 3 aromatic rings. The molecular formula is C21H20N2OS. The molecular weight excluding hydrogens is 328 g/mol. The quantitative estimate of drug-likeness (QED) is 0.726. The van der Waals surface area contributed by atoms with Crippen molar-refractivity contribution in [3.05, 3.63) is 78.1 Å². The Labute approximate surface area is 153 Å². The lowest BCUT2D eigenvalue weighted by Gasteiger charge is -2.21. The Hall–Kier alpha value is -2.30.